The molecule has 0 aromatic carbocycles. The average Bonchev–Trinajstić information content (AvgIpc) is 2.45. The zero-order valence-corrected chi connectivity index (χ0v) is 7.67. The first-order valence-corrected chi connectivity index (χ1v) is 3.80. The van der Waals surface area contributed by atoms with Crippen molar-refractivity contribution in [3.05, 3.63) is 22.5 Å². The van der Waals surface area contributed by atoms with Crippen LogP contribution < -0.4 is 0 Å². The van der Waals surface area contributed by atoms with Gasteiger partial charge in [-0.15, -0.1) is 0 Å². The maximum atomic E-state index is 8.68. The fraction of sp³-hybridized carbons (Fsp3) is 0.250. The molecule has 1 rings (SSSR count). The van der Waals surface area contributed by atoms with Gasteiger partial charge in [-0.1, -0.05) is 11.6 Å². The van der Waals surface area contributed by atoms with E-state index in [0.29, 0.717) is 5.69 Å². The molecule has 1 aromatic heterocycles. The Kier molecular flexibility index (Phi) is 2.92. The van der Waals surface area contributed by atoms with Crippen LogP contribution in [0.25, 0.3) is 0 Å². The van der Waals surface area contributed by atoms with Crippen LogP contribution in [0.1, 0.15) is 11.3 Å². The molecule has 0 saturated carbocycles. The third kappa shape index (κ3) is 1.65. The fourth-order valence-electron chi connectivity index (χ4n) is 0.952. The Hall–Kier alpha value is -1.49. The highest BCUT2D eigenvalue weighted by atomic mass is 35.5. The van der Waals surface area contributed by atoms with Crippen molar-refractivity contribution in [1.82, 2.24) is 4.57 Å². The molecular weight excluding hydrogens is 190 g/mol. The van der Waals surface area contributed by atoms with Crippen molar-refractivity contribution in [3.8, 4) is 12.1 Å². The van der Waals surface area contributed by atoms with Crippen LogP contribution in [0, 0.1) is 22.7 Å². The van der Waals surface area contributed by atoms with Crippen LogP contribution in [0.15, 0.2) is 6.07 Å². The fourth-order valence-corrected chi connectivity index (χ4v) is 1.19. The second-order valence-corrected chi connectivity index (χ2v) is 2.66. The third-order valence-electron chi connectivity index (χ3n) is 1.52. The van der Waals surface area contributed by atoms with E-state index < -0.39 is 0 Å². The van der Waals surface area contributed by atoms with Crippen molar-refractivity contribution >= 4 is 11.6 Å². The zero-order chi connectivity index (χ0) is 9.84. The number of halogens is 1. The summed E-state index contributed by atoms with van der Waals surface area (Å²) in [5, 5.41) is 17.5. The van der Waals surface area contributed by atoms with Gasteiger partial charge in [0.1, 0.15) is 29.7 Å². The number of hydrogen-bond acceptors (Lipinski definition) is 3. The van der Waals surface area contributed by atoms with Crippen molar-refractivity contribution in [2.75, 3.05) is 7.11 Å². The van der Waals surface area contributed by atoms with Gasteiger partial charge in [0.15, 0.2) is 0 Å². The van der Waals surface area contributed by atoms with E-state index in [1.54, 1.807) is 0 Å². The largest absolute Gasteiger partial charge is 0.364 e. The van der Waals surface area contributed by atoms with E-state index >= 15 is 0 Å². The molecule has 0 aliphatic rings. The maximum Gasteiger partial charge on any atom is 0.129 e. The van der Waals surface area contributed by atoms with Crippen LogP contribution in [-0.4, -0.2) is 11.7 Å². The number of hydrogen-bond donors (Lipinski definition) is 0. The maximum absolute atomic E-state index is 8.68. The summed E-state index contributed by atoms with van der Waals surface area (Å²) in [7, 11) is 1.49. The van der Waals surface area contributed by atoms with Crippen LogP contribution in [0.2, 0.25) is 5.15 Å². The number of nitrogens with zero attached hydrogens (tertiary/aromatic N) is 3. The Morgan fingerprint density at radius 2 is 2.23 bits per heavy atom. The molecule has 0 radical (unpaired) electrons. The Morgan fingerprint density at radius 1 is 1.54 bits per heavy atom. The van der Waals surface area contributed by atoms with Crippen molar-refractivity contribution in [2.24, 2.45) is 0 Å². The summed E-state index contributed by atoms with van der Waals surface area (Å²) < 4.78 is 6.26. The molecule has 0 bridgehead atoms. The predicted octanol–water partition coefficient (Wildman–Crippen LogP) is 1.49. The summed E-state index contributed by atoms with van der Waals surface area (Å²) in [6, 6.07) is 5.24. The molecule has 0 aliphatic carbocycles. The minimum atomic E-state index is 0.170. The van der Waals surface area contributed by atoms with Gasteiger partial charge in [0.05, 0.1) is 5.56 Å². The van der Waals surface area contributed by atoms with Gasteiger partial charge in [0.2, 0.25) is 0 Å². The molecule has 5 heteroatoms. The van der Waals surface area contributed by atoms with Gasteiger partial charge in [0, 0.05) is 7.11 Å². The van der Waals surface area contributed by atoms with E-state index in [2.05, 4.69) is 0 Å². The molecule has 66 valence electrons. The smallest absolute Gasteiger partial charge is 0.129 e. The normalized spacial score (nSPS) is 9.23. The lowest BCUT2D eigenvalue weighted by Gasteiger charge is -2.03. The highest BCUT2D eigenvalue weighted by Gasteiger charge is 2.11. The summed E-state index contributed by atoms with van der Waals surface area (Å²) in [5.74, 6) is 0. The Balaban J connectivity index is 3.24. The van der Waals surface area contributed by atoms with E-state index in [1.165, 1.54) is 17.7 Å². The molecular formula is C8H6ClN3O. The number of rotatable bonds is 2. The standard InChI is InChI=1S/C8H6ClN3O/c1-13-5-12-7(4-11)2-6(3-10)8(12)9/h2H,5H2,1H3. The molecule has 13 heavy (non-hydrogen) atoms. The first kappa shape index (κ1) is 9.60. The lowest BCUT2D eigenvalue weighted by Crippen LogP contribution is -2.02. The Morgan fingerprint density at radius 3 is 2.69 bits per heavy atom. The van der Waals surface area contributed by atoms with Crippen molar-refractivity contribution in [2.45, 2.75) is 6.73 Å². The van der Waals surface area contributed by atoms with Gasteiger partial charge in [-0.2, -0.15) is 10.5 Å². The first-order valence-electron chi connectivity index (χ1n) is 3.42. The Bertz CT molecular complexity index is 397. The van der Waals surface area contributed by atoms with Gasteiger partial charge in [0.25, 0.3) is 0 Å². The molecule has 0 unspecified atom stereocenters. The predicted molar refractivity (Wildman–Crippen MR) is 45.9 cm³/mol. The molecule has 0 atom stereocenters. The molecule has 0 N–H and O–H groups in total. The van der Waals surface area contributed by atoms with E-state index in [0.717, 1.165) is 0 Å². The summed E-state index contributed by atoms with van der Waals surface area (Å²) in [6.45, 7) is 0.170. The molecule has 0 amide bonds. The monoisotopic (exact) mass is 195 g/mol. The summed E-state index contributed by atoms with van der Waals surface area (Å²) in [4.78, 5) is 0. The van der Waals surface area contributed by atoms with Crippen LogP contribution >= 0.6 is 11.6 Å². The van der Waals surface area contributed by atoms with Crippen LogP contribution in [0.5, 0.6) is 0 Å². The highest BCUT2D eigenvalue weighted by molar-refractivity contribution is 6.30. The van der Waals surface area contributed by atoms with Crippen LogP contribution in [-0.2, 0) is 11.5 Å². The van der Waals surface area contributed by atoms with E-state index in [4.69, 9.17) is 26.9 Å². The van der Waals surface area contributed by atoms with Gasteiger partial charge < -0.3 is 4.74 Å². The third-order valence-corrected chi connectivity index (χ3v) is 1.93. The van der Waals surface area contributed by atoms with E-state index in [1.807, 2.05) is 12.1 Å². The lowest BCUT2D eigenvalue weighted by molar-refractivity contribution is 0.131. The molecule has 0 spiro atoms. The SMILES string of the molecule is COCn1c(C#N)cc(C#N)c1Cl. The zero-order valence-electron chi connectivity index (χ0n) is 6.91. The minimum absolute atomic E-state index is 0.170. The average molecular weight is 196 g/mol. The number of ether oxygens (including phenoxy) is 1. The number of aromatic nitrogens is 1. The Labute approximate surface area is 80.5 Å². The molecule has 1 heterocycles. The van der Waals surface area contributed by atoms with Gasteiger partial charge in [-0.3, -0.25) is 4.57 Å². The van der Waals surface area contributed by atoms with Crippen molar-refractivity contribution in [1.29, 1.82) is 10.5 Å². The molecule has 1 aromatic rings. The summed E-state index contributed by atoms with van der Waals surface area (Å²) in [6.07, 6.45) is 0. The topological polar surface area (TPSA) is 61.7 Å². The second kappa shape index (κ2) is 3.95. The molecule has 0 fully saturated rings. The van der Waals surface area contributed by atoms with Gasteiger partial charge >= 0.3 is 0 Å². The second-order valence-electron chi connectivity index (χ2n) is 2.30. The van der Waals surface area contributed by atoms with E-state index in [9.17, 15) is 0 Å². The van der Waals surface area contributed by atoms with Crippen LogP contribution in [0.3, 0.4) is 0 Å². The van der Waals surface area contributed by atoms with Gasteiger partial charge in [-0.25, -0.2) is 0 Å². The number of methoxy groups -OCH3 is 1. The molecule has 0 saturated heterocycles. The van der Waals surface area contributed by atoms with Crippen molar-refractivity contribution < 1.29 is 4.74 Å². The van der Waals surface area contributed by atoms with Crippen LogP contribution in [0.4, 0.5) is 0 Å². The minimum Gasteiger partial charge on any atom is -0.364 e. The molecule has 4 nitrogen and oxygen atoms in total. The molecule has 0 aliphatic heterocycles. The quantitative estimate of drug-likeness (QED) is 0.718. The van der Waals surface area contributed by atoms with Crippen molar-refractivity contribution in [3.63, 3.8) is 0 Å². The lowest BCUT2D eigenvalue weighted by atomic mass is 10.3. The van der Waals surface area contributed by atoms with Gasteiger partial charge in [-0.05, 0) is 6.07 Å². The summed E-state index contributed by atoms with van der Waals surface area (Å²) in [5.41, 5.74) is 0.610. The number of nitriles is 2. The summed E-state index contributed by atoms with van der Waals surface area (Å²) >= 11 is 5.80. The first-order chi connectivity index (χ1) is 6.24. The highest BCUT2D eigenvalue weighted by Crippen LogP contribution is 2.20. The van der Waals surface area contributed by atoms with E-state index in [-0.39, 0.29) is 17.4 Å².